The van der Waals surface area contributed by atoms with E-state index in [-0.39, 0.29) is 11.3 Å². The summed E-state index contributed by atoms with van der Waals surface area (Å²) in [7, 11) is 0. The lowest BCUT2D eigenvalue weighted by Gasteiger charge is -2.10. The average molecular weight is 376 g/mol. The molecule has 0 atom stereocenters. The predicted molar refractivity (Wildman–Crippen MR) is 99.2 cm³/mol. The first kappa shape index (κ1) is 19.3. The average Bonchev–Trinajstić information content (AvgIpc) is 2.57. The van der Waals surface area contributed by atoms with E-state index < -0.39 is 24.5 Å². The number of halogens is 1. The fourth-order valence-corrected chi connectivity index (χ4v) is 2.27. The summed E-state index contributed by atoms with van der Waals surface area (Å²) in [5, 5.41) is 4.95. The molecule has 0 radical (unpaired) electrons. The molecule has 26 heavy (non-hydrogen) atoms. The summed E-state index contributed by atoms with van der Waals surface area (Å²) < 4.78 is 4.85. The van der Waals surface area contributed by atoms with E-state index in [0.29, 0.717) is 10.7 Å². The summed E-state index contributed by atoms with van der Waals surface area (Å²) >= 11 is 5.77. The maximum Gasteiger partial charge on any atom is 0.338 e. The Morgan fingerprint density at radius 2 is 1.85 bits per heavy atom. The summed E-state index contributed by atoms with van der Waals surface area (Å²) in [5.41, 5.74) is 8.47. The Bertz CT molecular complexity index is 868. The van der Waals surface area contributed by atoms with Gasteiger partial charge in [-0.05, 0) is 43.7 Å². The van der Waals surface area contributed by atoms with E-state index >= 15 is 0 Å². The fourth-order valence-electron chi connectivity index (χ4n) is 2.16. The molecule has 0 fully saturated rings. The molecule has 2 rings (SSSR count). The van der Waals surface area contributed by atoms with Crippen LogP contribution in [0.1, 0.15) is 21.5 Å². The quantitative estimate of drug-likeness (QED) is 0.562. The number of carbonyl (C=O) groups is 3. The molecule has 0 aliphatic heterocycles. The number of hydrogen-bond acceptors (Lipinski definition) is 5. The molecule has 0 saturated carbocycles. The highest BCUT2D eigenvalue weighted by molar-refractivity contribution is 6.33. The molecule has 0 aliphatic carbocycles. The van der Waals surface area contributed by atoms with Crippen LogP contribution in [-0.2, 0) is 9.53 Å². The van der Waals surface area contributed by atoms with Gasteiger partial charge in [-0.2, -0.15) is 0 Å². The topological polar surface area (TPSA) is 111 Å². The number of nitrogen functional groups attached to an aromatic ring is 1. The van der Waals surface area contributed by atoms with Crippen molar-refractivity contribution in [3.8, 4) is 0 Å². The van der Waals surface area contributed by atoms with Crippen molar-refractivity contribution in [3.05, 3.63) is 58.1 Å². The Morgan fingerprint density at radius 1 is 1.12 bits per heavy atom. The number of imide groups is 1. The number of rotatable bonds is 4. The minimum atomic E-state index is -0.762. The van der Waals surface area contributed by atoms with Gasteiger partial charge in [-0.25, -0.2) is 9.59 Å². The van der Waals surface area contributed by atoms with Gasteiger partial charge in [0.25, 0.3) is 5.91 Å². The normalized spacial score (nSPS) is 10.1. The van der Waals surface area contributed by atoms with Crippen LogP contribution >= 0.6 is 11.6 Å². The molecule has 0 unspecified atom stereocenters. The van der Waals surface area contributed by atoms with Crippen LogP contribution in [-0.4, -0.2) is 24.5 Å². The Morgan fingerprint density at radius 3 is 2.50 bits per heavy atom. The highest BCUT2D eigenvalue weighted by atomic mass is 35.5. The van der Waals surface area contributed by atoms with Crippen molar-refractivity contribution in [3.63, 3.8) is 0 Å². The van der Waals surface area contributed by atoms with Gasteiger partial charge in [-0.1, -0.05) is 29.3 Å². The number of benzene rings is 2. The van der Waals surface area contributed by atoms with Crippen LogP contribution in [0.5, 0.6) is 0 Å². The number of carbonyl (C=O) groups excluding carboxylic acids is 3. The Hall–Kier alpha value is -3.06. The fraction of sp³-hybridized carbons (Fsp3) is 0.167. The standard InChI is InChI=1S/C18H18ClN3O4/c1-10-3-6-15(11(2)7-10)21-18(25)22-16(23)9-26-17(24)12-4-5-13(19)14(20)8-12/h3-8H,9,20H2,1-2H3,(H2,21,22,23,25). The van der Waals surface area contributed by atoms with Crippen molar-refractivity contribution < 1.29 is 19.1 Å². The molecule has 136 valence electrons. The number of hydrogen-bond donors (Lipinski definition) is 3. The Kier molecular flexibility index (Phi) is 6.19. The number of urea groups is 1. The zero-order valence-electron chi connectivity index (χ0n) is 14.3. The third-order valence-electron chi connectivity index (χ3n) is 3.45. The molecule has 3 amide bonds. The van der Waals surface area contributed by atoms with Gasteiger partial charge in [0, 0.05) is 5.69 Å². The summed E-state index contributed by atoms with van der Waals surface area (Å²) in [6, 6.07) is 8.97. The predicted octanol–water partition coefficient (Wildman–Crippen LogP) is 3.04. The van der Waals surface area contributed by atoms with Crippen LogP contribution in [0.25, 0.3) is 0 Å². The second-order valence-corrected chi connectivity index (χ2v) is 6.04. The highest BCUT2D eigenvalue weighted by Crippen LogP contribution is 2.20. The van der Waals surface area contributed by atoms with E-state index in [0.717, 1.165) is 11.1 Å². The third-order valence-corrected chi connectivity index (χ3v) is 3.79. The lowest BCUT2D eigenvalue weighted by atomic mass is 10.1. The van der Waals surface area contributed by atoms with E-state index in [9.17, 15) is 14.4 Å². The highest BCUT2D eigenvalue weighted by Gasteiger charge is 2.14. The second-order valence-electron chi connectivity index (χ2n) is 5.63. The van der Waals surface area contributed by atoms with Gasteiger partial charge in [-0.15, -0.1) is 0 Å². The number of aryl methyl sites for hydroxylation is 2. The lowest BCUT2D eigenvalue weighted by molar-refractivity contribution is -0.123. The number of ether oxygens (including phenoxy) is 1. The SMILES string of the molecule is Cc1ccc(NC(=O)NC(=O)COC(=O)c2ccc(Cl)c(N)c2)c(C)c1. The number of esters is 1. The van der Waals surface area contributed by atoms with Crippen LogP contribution in [0.2, 0.25) is 5.02 Å². The molecule has 0 spiro atoms. The van der Waals surface area contributed by atoms with Gasteiger partial charge in [0.2, 0.25) is 0 Å². The zero-order valence-corrected chi connectivity index (χ0v) is 15.0. The molecule has 0 heterocycles. The first-order valence-electron chi connectivity index (χ1n) is 7.66. The number of nitrogens with two attached hydrogens (primary N) is 1. The molecule has 0 bridgehead atoms. The minimum Gasteiger partial charge on any atom is -0.452 e. The van der Waals surface area contributed by atoms with Crippen LogP contribution in [0.3, 0.4) is 0 Å². The Labute approximate surface area is 155 Å². The van der Waals surface area contributed by atoms with Gasteiger partial charge in [0.05, 0.1) is 16.3 Å². The molecule has 8 heteroatoms. The monoisotopic (exact) mass is 375 g/mol. The molecule has 0 saturated heterocycles. The van der Waals surface area contributed by atoms with Crippen molar-refractivity contribution in [2.75, 3.05) is 17.7 Å². The maximum absolute atomic E-state index is 11.9. The number of nitrogens with one attached hydrogen (secondary N) is 2. The van der Waals surface area contributed by atoms with Crippen molar-refractivity contribution in [1.82, 2.24) is 5.32 Å². The van der Waals surface area contributed by atoms with E-state index in [4.69, 9.17) is 22.1 Å². The Balaban J connectivity index is 1.85. The van der Waals surface area contributed by atoms with E-state index in [1.54, 1.807) is 6.07 Å². The van der Waals surface area contributed by atoms with Crippen molar-refractivity contribution in [2.45, 2.75) is 13.8 Å². The van der Waals surface area contributed by atoms with Gasteiger partial charge in [-0.3, -0.25) is 10.1 Å². The largest absolute Gasteiger partial charge is 0.452 e. The summed E-state index contributed by atoms with van der Waals surface area (Å²) in [6.45, 7) is 3.16. The van der Waals surface area contributed by atoms with Gasteiger partial charge < -0.3 is 15.8 Å². The number of anilines is 2. The molecule has 0 aromatic heterocycles. The summed E-state index contributed by atoms with van der Waals surface area (Å²) in [6.07, 6.45) is 0. The number of amides is 3. The van der Waals surface area contributed by atoms with Gasteiger partial charge >= 0.3 is 12.0 Å². The summed E-state index contributed by atoms with van der Waals surface area (Å²) in [5.74, 6) is -1.51. The van der Waals surface area contributed by atoms with Gasteiger partial charge in [0.15, 0.2) is 6.61 Å². The first-order chi connectivity index (χ1) is 12.3. The molecule has 2 aromatic carbocycles. The van der Waals surface area contributed by atoms with Crippen LogP contribution in [0.15, 0.2) is 36.4 Å². The summed E-state index contributed by atoms with van der Waals surface area (Å²) in [4.78, 5) is 35.5. The molecular formula is C18H18ClN3O4. The maximum atomic E-state index is 11.9. The van der Waals surface area contributed by atoms with Crippen molar-refractivity contribution in [1.29, 1.82) is 0 Å². The van der Waals surface area contributed by atoms with Gasteiger partial charge in [0.1, 0.15) is 0 Å². The first-order valence-corrected chi connectivity index (χ1v) is 8.04. The molecule has 7 nitrogen and oxygen atoms in total. The molecule has 2 aromatic rings. The van der Waals surface area contributed by atoms with Crippen LogP contribution < -0.4 is 16.4 Å². The minimum absolute atomic E-state index is 0.152. The lowest BCUT2D eigenvalue weighted by Crippen LogP contribution is -2.37. The molecular weight excluding hydrogens is 358 g/mol. The molecule has 0 aliphatic rings. The van der Waals surface area contributed by atoms with E-state index in [1.807, 2.05) is 26.0 Å². The molecule has 4 N–H and O–H groups in total. The second kappa shape index (κ2) is 8.35. The van der Waals surface area contributed by atoms with E-state index in [1.165, 1.54) is 18.2 Å². The zero-order chi connectivity index (χ0) is 19.3. The van der Waals surface area contributed by atoms with Crippen molar-refractivity contribution in [2.24, 2.45) is 0 Å². The third kappa shape index (κ3) is 5.22. The van der Waals surface area contributed by atoms with Crippen LogP contribution in [0.4, 0.5) is 16.2 Å². The smallest absolute Gasteiger partial charge is 0.338 e. The van der Waals surface area contributed by atoms with E-state index in [2.05, 4.69) is 10.6 Å². The van der Waals surface area contributed by atoms with Crippen molar-refractivity contribution >= 4 is 40.9 Å². The van der Waals surface area contributed by atoms with Crippen LogP contribution in [0, 0.1) is 13.8 Å².